The van der Waals surface area contributed by atoms with Gasteiger partial charge in [-0.25, -0.2) is 0 Å². The molecule has 110 valence electrons. The van der Waals surface area contributed by atoms with Gasteiger partial charge in [0.25, 0.3) is 0 Å². The minimum atomic E-state index is 0.0793. The molecule has 2 N–H and O–H groups in total. The first-order valence-corrected chi connectivity index (χ1v) is 7.55. The molecule has 0 aromatic rings. The van der Waals surface area contributed by atoms with Crippen molar-refractivity contribution < 1.29 is 9.53 Å². The lowest BCUT2D eigenvalue weighted by Gasteiger charge is -2.25. The summed E-state index contributed by atoms with van der Waals surface area (Å²) in [7, 11) is 0. The van der Waals surface area contributed by atoms with Crippen LogP contribution in [0.5, 0.6) is 0 Å². The summed E-state index contributed by atoms with van der Waals surface area (Å²) in [6, 6.07) is 0. The zero-order chi connectivity index (χ0) is 13.7. The van der Waals surface area contributed by atoms with Crippen molar-refractivity contribution in [3.8, 4) is 0 Å². The van der Waals surface area contributed by atoms with Gasteiger partial charge in [0.2, 0.25) is 5.91 Å². The highest BCUT2D eigenvalue weighted by Crippen LogP contribution is 2.23. The first-order valence-electron chi connectivity index (χ1n) is 7.55. The average Bonchev–Trinajstić information content (AvgIpc) is 2.71. The van der Waals surface area contributed by atoms with Crippen molar-refractivity contribution in [2.24, 2.45) is 11.7 Å². The van der Waals surface area contributed by atoms with Gasteiger partial charge in [-0.2, -0.15) is 0 Å². The van der Waals surface area contributed by atoms with Crippen molar-refractivity contribution in [1.29, 1.82) is 0 Å². The number of ether oxygens (including phenoxy) is 1. The molecular weight excluding hydrogens is 242 g/mol. The van der Waals surface area contributed by atoms with E-state index in [0.717, 1.165) is 65.1 Å². The molecular formula is C14H27N3O2. The van der Waals surface area contributed by atoms with E-state index < -0.39 is 0 Å². The highest BCUT2D eigenvalue weighted by atomic mass is 16.5. The van der Waals surface area contributed by atoms with Gasteiger partial charge < -0.3 is 20.3 Å². The van der Waals surface area contributed by atoms with Crippen LogP contribution >= 0.6 is 0 Å². The third kappa shape index (κ3) is 3.91. The quantitative estimate of drug-likeness (QED) is 0.797. The van der Waals surface area contributed by atoms with Crippen LogP contribution in [0.25, 0.3) is 0 Å². The summed E-state index contributed by atoms with van der Waals surface area (Å²) >= 11 is 0. The Kier molecular flexibility index (Phi) is 5.60. The number of carbonyl (C=O) groups excluding carboxylic acids is 1. The van der Waals surface area contributed by atoms with E-state index in [9.17, 15) is 4.79 Å². The Balaban J connectivity index is 1.83. The fourth-order valence-corrected chi connectivity index (χ4v) is 3.02. The van der Waals surface area contributed by atoms with Crippen molar-refractivity contribution in [3.63, 3.8) is 0 Å². The lowest BCUT2D eigenvalue weighted by molar-refractivity contribution is -0.136. The predicted octanol–water partition coefficient (Wildman–Crippen LogP) is 0.295. The molecule has 0 aliphatic carbocycles. The maximum Gasteiger partial charge on any atom is 0.228 e. The highest BCUT2D eigenvalue weighted by molar-refractivity contribution is 5.79. The lowest BCUT2D eigenvalue weighted by atomic mass is 10.0. The molecule has 2 saturated heterocycles. The van der Waals surface area contributed by atoms with Gasteiger partial charge in [-0.15, -0.1) is 0 Å². The van der Waals surface area contributed by atoms with E-state index in [1.807, 2.05) is 11.8 Å². The van der Waals surface area contributed by atoms with Crippen LogP contribution in [0.1, 0.15) is 26.2 Å². The summed E-state index contributed by atoms with van der Waals surface area (Å²) in [5.74, 6) is 0.376. The van der Waals surface area contributed by atoms with Crippen LogP contribution in [0.2, 0.25) is 0 Å². The van der Waals surface area contributed by atoms with E-state index in [4.69, 9.17) is 10.5 Å². The fourth-order valence-electron chi connectivity index (χ4n) is 3.02. The monoisotopic (exact) mass is 269 g/mol. The molecule has 0 radical (unpaired) electrons. The standard InChI is InChI=1S/C14H27N3O2/c1-12-13(4-11-19-12)14(18)17-8-3-7-16(9-10-17)6-2-5-15/h12-13H,2-11,15H2,1H3. The van der Waals surface area contributed by atoms with Crippen LogP contribution in [-0.4, -0.2) is 67.7 Å². The first kappa shape index (κ1) is 14.8. The average molecular weight is 269 g/mol. The topological polar surface area (TPSA) is 58.8 Å². The molecule has 0 aromatic heterocycles. The molecule has 5 heteroatoms. The number of rotatable bonds is 4. The zero-order valence-electron chi connectivity index (χ0n) is 12.0. The van der Waals surface area contributed by atoms with Crippen LogP contribution < -0.4 is 5.73 Å². The number of hydrogen-bond acceptors (Lipinski definition) is 4. The maximum atomic E-state index is 12.5. The van der Waals surface area contributed by atoms with Gasteiger partial charge in [0.15, 0.2) is 0 Å². The van der Waals surface area contributed by atoms with Gasteiger partial charge in [-0.05, 0) is 45.8 Å². The highest BCUT2D eigenvalue weighted by Gasteiger charge is 2.34. The number of amides is 1. The number of nitrogens with zero attached hydrogens (tertiary/aromatic N) is 2. The first-order chi connectivity index (χ1) is 9.22. The summed E-state index contributed by atoms with van der Waals surface area (Å²) in [5, 5.41) is 0. The summed E-state index contributed by atoms with van der Waals surface area (Å²) in [5.41, 5.74) is 5.55. The Morgan fingerprint density at radius 1 is 1.32 bits per heavy atom. The van der Waals surface area contributed by atoms with Crippen molar-refractivity contribution in [2.75, 3.05) is 45.9 Å². The second-order valence-corrected chi connectivity index (χ2v) is 5.63. The molecule has 2 rings (SSSR count). The Morgan fingerprint density at radius 2 is 2.16 bits per heavy atom. The molecule has 2 atom stereocenters. The van der Waals surface area contributed by atoms with Gasteiger partial charge in [0, 0.05) is 26.2 Å². The Hall–Kier alpha value is -0.650. The number of nitrogens with two attached hydrogens (primary N) is 1. The maximum absolute atomic E-state index is 12.5. The van der Waals surface area contributed by atoms with Crippen LogP contribution in [0.3, 0.4) is 0 Å². The van der Waals surface area contributed by atoms with E-state index in [0.29, 0.717) is 5.91 Å². The van der Waals surface area contributed by atoms with Gasteiger partial charge in [0.05, 0.1) is 12.0 Å². The molecule has 2 aliphatic rings. The van der Waals surface area contributed by atoms with Crippen molar-refractivity contribution in [1.82, 2.24) is 9.80 Å². The van der Waals surface area contributed by atoms with Crippen molar-refractivity contribution in [3.05, 3.63) is 0 Å². The van der Waals surface area contributed by atoms with Crippen LogP contribution in [-0.2, 0) is 9.53 Å². The normalized spacial score (nSPS) is 29.5. The van der Waals surface area contributed by atoms with E-state index in [1.165, 1.54) is 0 Å². The zero-order valence-corrected chi connectivity index (χ0v) is 12.0. The van der Waals surface area contributed by atoms with E-state index in [-0.39, 0.29) is 12.0 Å². The fraction of sp³-hybridized carbons (Fsp3) is 0.929. The summed E-state index contributed by atoms with van der Waals surface area (Å²) in [6.07, 6.45) is 3.08. The van der Waals surface area contributed by atoms with Gasteiger partial charge >= 0.3 is 0 Å². The summed E-state index contributed by atoms with van der Waals surface area (Å²) < 4.78 is 5.51. The second kappa shape index (κ2) is 7.22. The van der Waals surface area contributed by atoms with Gasteiger partial charge in [0.1, 0.15) is 0 Å². The van der Waals surface area contributed by atoms with E-state index >= 15 is 0 Å². The Labute approximate surface area is 116 Å². The molecule has 2 unspecified atom stereocenters. The minimum absolute atomic E-state index is 0.0793. The molecule has 2 fully saturated rings. The molecule has 0 saturated carbocycles. The molecule has 2 aliphatic heterocycles. The smallest absolute Gasteiger partial charge is 0.228 e. The minimum Gasteiger partial charge on any atom is -0.378 e. The van der Waals surface area contributed by atoms with E-state index in [1.54, 1.807) is 0 Å². The molecule has 0 bridgehead atoms. The third-order valence-corrected chi connectivity index (χ3v) is 4.27. The lowest BCUT2D eigenvalue weighted by Crippen LogP contribution is -2.41. The molecule has 1 amide bonds. The molecule has 0 aromatic carbocycles. The Morgan fingerprint density at radius 3 is 2.84 bits per heavy atom. The van der Waals surface area contributed by atoms with Crippen LogP contribution in [0.4, 0.5) is 0 Å². The van der Waals surface area contributed by atoms with Gasteiger partial charge in [-0.1, -0.05) is 0 Å². The summed E-state index contributed by atoms with van der Waals surface area (Å²) in [4.78, 5) is 17.0. The SMILES string of the molecule is CC1OCCC1C(=O)N1CCCN(CCCN)CC1. The Bertz CT molecular complexity index is 298. The second-order valence-electron chi connectivity index (χ2n) is 5.63. The molecule has 19 heavy (non-hydrogen) atoms. The number of carbonyl (C=O) groups is 1. The molecule has 5 nitrogen and oxygen atoms in total. The van der Waals surface area contributed by atoms with Crippen molar-refractivity contribution >= 4 is 5.91 Å². The van der Waals surface area contributed by atoms with Crippen LogP contribution in [0.15, 0.2) is 0 Å². The van der Waals surface area contributed by atoms with Gasteiger partial charge in [-0.3, -0.25) is 4.79 Å². The summed E-state index contributed by atoms with van der Waals surface area (Å²) in [6.45, 7) is 8.36. The largest absolute Gasteiger partial charge is 0.378 e. The van der Waals surface area contributed by atoms with Crippen LogP contribution in [0, 0.1) is 5.92 Å². The number of hydrogen-bond donors (Lipinski definition) is 1. The van der Waals surface area contributed by atoms with Crippen molar-refractivity contribution in [2.45, 2.75) is 32.3 Å². The third-order valence-electron chi connectivity index (χ3n) is 4.27. The molecule has 0 spiro atoms. The molecule has 2 heterocycles. The predicted molar refractivity (Wildman–Crippen MR) is 74.8 cm³/mol. The van der Waals surface area contributed by atoms with E-state index in [2.05, 4.69) is 4.90 Å².